The Morgan fingerprint density at radius 2 is 1.85 bits per heavy atom. The predicted octanol–water partition coefficient (Wildman–Crippen LogP) is 4.70. The van der Waals surface area contributed by atoms with E-state index in [9.17, 15) is 8.78 Å². The van der Waals surface area contributed by atoms with Gasteiger partial charge in [-0.05, 0) is 24.3 Å². The molecule has 102 valence electrons. The summed E-state index contributed by atoms with van der Waals surface area (Å²) in [6.07, 6.45) is 0. The van der Waals surface area contributed by atoms with Crippen LogP contribution in [0.3, 0.4) is 0 Å². The highest BCUT2D eigenvalue weighted by Gasteiger charge is 2.19. The number of rotatable bonds is 2. The van der Waals surface area contributed by atoms with Gasteiger partial charge < -0.3 is 0 Å². The molecule has 2 nitrogen and oxygen atoms in total. The maximum atomic E-state index is 14.1. The zero-order valence-electron chi connectivity index (χ0n) is 10.1. The first kappa shape index (κ1) is 13.3. The molecule has 0 amide bonds. The molecule has 1 aromatic heterocycles. The number of alkyl halides is 1. The second kappa shape index (κ2) is 5.04. The molecule has 3 aromatic rings. The lowest BCUT2D eigenvalue weighted by Crippen LogP contribution is -2.02. The predicted molar refractivity (Wildman–Crippen MR) is 75.6 cm³/mol. The highest BCUT2D eigenvalue weighted by Crippen LogP contribution is 2.29. The molecule has 0 saturated carbocycles. The summed E-state index contributed by atoms with van der Waals surface area (Å²) in [5, 5.41) is 0.404. The van der Waals surface area contributed by atoms with E-state index in [1.807, 2.05) is 0 Å². The molecule has 0 aliphatic heterocycles. The van der Waals surface area contributed by atoms with Crippen molar-refractivity contribution in [1.82, 2.24) is 9.55 Å². The molecule has 20 heavy (non-hydrogen) atoms. The van der Waals surface area contributed by atoms with E-state index < -0.39 is 11.6 Å². The van der Waals surface area contributed by atoms with Crippen LogP contribution >= 0.6 is 23.2 Å². The summed E-state index contributed by atoms with van der Waals surface area (Å²) < 4.78 is 29.0. The molecule has 1 heterocycles. The van der Waals surface area contributed by atoms with Crippen LogP contribution in [0.5, 0.6) is 0 Å². The van der Waals surface area contributed by atoms with Gasteiger partial charge in [-0.25, -0.2) is 13.8 Å². The first-order valence-corrected chi connectivity index (χ1v) is 6.71. The summed E-state index contributed by atoms with van der Waals surface area (Å²) in [5.74, 6) is -1.45. The molecule has 6 heteroatoms. The standard InChI is InChI=1S/C14H8Cl2F2N2/c15-7-12-19-10-6-5-9(17)13(18)14(10)20(12)11-4-2-1-3-8(11)16/h1-6H,7H2. The van der Waals surface area contributed by atoms with Crippen molar-refractivity contribution in [1.29, 1.82) is 0 Å². The van der Waals surface area contributed by atoms with Crippen LogP contribution in [0.25, 0.3) is 16.7 Å². The molecule has 0 atom stereocenters. The average Bonchev–Trinajstić information content (AvgIpc) is 2.82. The van der Waals surface area contributed by atoms with Gasteiger partial charge in [0.2, 0.25) is 0 Å². The molecule has 0 spiro atoms. The van der Waals surface area contributed by atoms with Gasteiger partial charge >= 0.3 is 0 Å². The molecule has 3 rings (SSSR count). The minimum absolute atomic E-state index is 0.0359. The van der Waals surface area contributed by atoms with Crippen LogP contribution in [0.2, 0.25) is 5.02 Å². The Balaban J connectivity index is 2.45. The summed E-state index contributed by atoms with van der Waals surface area (Å²) in [5.41, 5.74) is 0.880. The fourth-order valence-electron chi connectivity index (χ4n) is 2.13. The van der Waals surface area contributed by atoms with E-state index >= 15 is 0 Å². The van der Waals surface area contributed by atoms with Crippen molar-refractivity contribution >= 4 is 34.2 Å². The first-order valence-electron chi connectivity index (χ1n) is 5.79. The Hall–Kier alpha value is -1.65. The molecule has 0 unspecified atom stereocenters. The number of para-hydroxylation sites is 1. The minimum Gasteiger partial charge on any atom is -0.291 e. The zero-order chi connectivity index (χ0) is 14.3. The van der Waals surface area contributed by atoms with Gasteiger partial charge in [0, 0.05) is 0 Å². The fraction of sp³-hybridized carbons (Fsp3) is 0.0714. The van der Waals surface area contributed by atoms with Crippen molar-refractivity contribution in [2.75, 3.05) is 0 Å². The van der Waals surface area contributed by atoms with Crippen LogP contribution in [0.15, 0.2) is 36.4 Å². The SMILES string of the molecule is Fc1ccc2nc(CCl)n(-c3ccccc3Cl)c2c1F. The number of fused-ring (bicyclic) bond motifs is 1. The average molecular weight is 313 g/mol. The third kappa shape index (κ3) is 1.96. The minimum atomic E-state index is -0.966. The van der Waals surface area contributed by atoms with E-state index in [4.69, 9.17) is 23.2 Å². The molecule has 0 radical (unpaired) electrons. The Morgan fingerprint density at radius 1 is 1.10 bits per heavy atom. The summed E-state index contributed by atoms with van der Waals surface area (Å²) in [6.45, 7) is 0. The Bertz CT molecular complexity index is 799. The first-order chi connectivity index (χ1) is 9.63. The molecule has 2 aromatic carbocycles. The van der Waals surface area contributed by atoms with Crippen molar-refractivity contribution in [2.45, 2.75) is 5.88 Å². The van der Waals surface area contributed by atoms with Crippen LogP contribution in [-0.2, 0) is 5.88 Å². The van der Waals surface area contributed by atoms with Crippen molar-refractivity contribution in [2.24, 2.45) is 0 Å². The number of nitrogens with zero attached hydrogens (tertiary/aromatic N) is 2. The normalized spacial score (nSPS) is 11.2. The van der Waals surface area contributed by atoms with Gasteiger partial charge in [-0.2, -0.15) is 0 Å². The summed E-state index contributed by atoms with van der Waals surface area (Å²) in [4.78, 5) is 4.22. The number of hydrogen-bond acceptors (Lipinski definition) is 1. The quantitative estimate of drug-likeness (QED) is 0.627. The molecule has 0 aliphatic carbocycles. The molecule has 0 N–H and O–H groups in total. The largest absolute Gasteiger partial charge is 0.291 e. The van der Waals surface area contributed by atoms with Gasteiger partial charge in [0.1, 0.15) is 11.3 Å². The lowest BCUT2D eigenvalue weighted by molar-refractivity contribution is 0.514. The van der Waals surface area contributed by atoms with Crippen molar-refractivity contribution in [3.63, 3.8) is 0 Å². The Labute approximate surface area is 123 Å². The van der Waals surface area contributed by atoms with Gasteiger partial charge in [0.05, 0.1) is 22.1 Å². The van der Waals surface area contributed by atoms with E-state index in [1.165, 1.54) is 10.6 Å². The number of hydrogen-bond donors (Lipinski definition) is 0. The van der Waals surface area contributed by atoms with Gasteiger partial charge in [0.15, 0.2) is 11.6 Å². The van der Waals surface area contributed by atoms with Crippen molar-refractivity contribution < 1.29 is 8.78 Å². The zero-order valence-corrected chi connectivity index (χ0v) is 11.6. The number of benzene rings is 2. The monoisotopic (exact) mass is 312 g/mol. The molecule has 0 saturated heterocycles. The fourth-order valence-corrected chi connectivity index (χ4v) is 2.53. The number of halogens is 4. The van der Waals surface area contributed by atoms with Gasteiger partial charge in [-0.15, -0.1) is 11.6 Å². The van der Waals surface area contributed by atoms with Gasteiger partial charge in [-0.1, -0.05) is 23.7 Å². The van der Waals surface area contributed by atoms with Crippen molar-refractivity contribution in [3.8, 4) is 5.69 Å². The van der Waals surface area contributed by atoms with Gasteiger partial charge in [-0.3, -0.25) is 4.57 Å². The smallest absolute Gasteiger partial charge is 0.185 e. The maximum Gasteiger partial charge on any atom is 0.185 e. The van der Waals surface area contributed by atoms with Crippen LogP contribution in [0.1, 0.15) is 5.82 Å². The lowest BCUT2D eigenvalue weighted by Gasteiger charge is -2.10. The van der Waals surface area contributed by atoms with E-state index in [1.54, 1.807) is 24.3 Å². The summed E-state index contributed by atoms with van der Waals surface area (Å²) in [7, 11) is 0. The topological polar surface area (TPSA) is 17.8 Å². The number of imidazole rings is 1. The van der Waals surface area contributed by atoms with E-state index in [-0.39, 0.29) is 11.4 Å². The van der Waals surface area contributed by atoms with Crippen LogP contribution in [0.4, 0.5) is 8.78 Å². The molecule has 0 aliphatic rings. The Morgan fingerprint density at radius 3 is 2.55 bits per heavy atom. The summed E-state index contributed by atoms with van der Waals surface area (Å²) >= 11 is 12.0. The molecular weight excluding hydrogens is 305 g/mol. The Kier molecular flexibility index (Phi) is 3.36. The maximum absolute atomic E-state index is 14.1. The van der Waals surface area contributed by atoms with E-state index in [2.05, 4.69) is 4.98 Å². The highest BCUT2D eigenvalue weighted by molar-refractivity contribution is 6.32. The van der Waals surface area contributed by atoms with E-state index in [0.29, 0.717) is 22.1 Å². The second-order valence-electron chi connectivity index (χ2n) is 4.18. The van der Waals surface area contributed by atoms with Crippen LogP contribution < -0.4 is 0 Å². The number of aromatic nitrogens is 2. The third-order valence-electron chi connectivity index (χ3n) is 2.99. The molecule has 0 bridgehead atoms. The lowest BCUT2D eigenvalue weighted by atomic mass is 10.2. The van der Waals surface area contributed by atoms with Gasteiger partial charge in [0.25, 0.3) is 0 Å². The summed E-state index contributed by atoms with van der Waals surface area (Å²) in [6, 6.07) is 9.32. The third-order valence-corrected chi connectivity index (χ3v) is 3.55. The van der Waals surface area contributed by atoms with Crippen LogP contribution in [-0.4, -0.2) is 9.55 Å². The van der Waals surface area contributed by atoms with Crippen LogP contribution in [0, 0.1) is 11.6 Å². The van der Waals surface area contributed by atoms with E-state index in [0.717, 1.165) is 6.07 Å². The van der Waals surface area contributed by atoms with Crippen molar-refractivity contribution in [3.05, 3.63) is 58.9 Å². The molecule has 0 fully saturated rings. The highest BCUT2D eigenvalue weighted by atomic mass is 35.5. The molecular formula is C14H8Cl2F2N2. The second-order valence-corrected chi connectivity index (χ2v) is 4.85.